The van der Waals surface area contributed by atoms with Gasteiger partial charge in [-0.1, -0.05) is 0 Å². The Kier molecular flexibility index (Phi) is 7.82. The minimum absolute atomic E-state index is 0. The molecule has 0 radical (unpaired) electrons. The van der Waals surface area contributed by atoms with Gasteiger partial charge in [0.25, 0.3) is 0 Å². The molecule has 3 heterocycles. The van der Waals surface area contributed by atoms with Crippen molar-refractivity contribution in [1.82, 2.24) is 15.5 Å². The lowest BCUT2D eigenvalue weighted by atomic mass is 10.2. The van der Waals surface area contributed by atoms with Crippen LogP contribution in [0.5, 0.6) is 5.75 Å². The van der Waals surface area contributed by atoms with Gasteiger partial charge in [-0.3, -0.25) is 14.4 Å². The zero-order valence-corrected chi connectivity index (χ0v) is 19.2. The van der Waals surface area contributed by atoms with Crippen LogP contribution in [-0.4, -0.2) is 58.5 Å². The predicted molar refractivity (Wildman–Crippen MR) is 120 cm³/mol. The van der Waals surface area contributed by atoms with Crippen LogP contribution in [0.3, 0.4) is 0 Å². The summed E-state index contributed by atoms with van der Waals surface area (Å²) in [5.74, 6) is -1.29. The number of nitrogens with one attached hydrogen (secondary N) is 3. The summed E-state index contributed by atoms with van der Waals surface area (Å²) in [6.45, 7) is 1.22. The molecule has 4 N–H and O–H groups in total. The highest BCUT2D eigenvalue weighted by Crippen LogP contribution is 2.53. The molecule has 0 saturated carbocycles. The van der Waals surface area contributed by atoms with Crippen LogP contribution in [0.2, 0.25) is 0 Å². The largest absolute Gasteiger partial charge is 0.423 e. The summed E-state index contributed by atoms with van der Waals surface area (Å²) in [5, 5.41) is 8.44. The maximum absolute atomic E-state index is 13.0. The lowest BCUT2D eigenvalue weighted by molar-refractivity contribution is -0.133. The first-order valence-electron chi connectivity index (χ1n) is 10.6. The number of amides is 3. The van der Waals surface area contributed by atoms with Crippen molar-refractivity contribution >= 4 is 43.4 Å². The number of rotatable bonds is 6. The van der Waals surface area contributed by atoms with Crippen LogP contribution < -0.4 is 20.5 Å². The Morgan fingerprint density at radius 1 is 1.12 bits per heavy atom. The van der Waals surface area contributed by atoms with Gasteiger partial charge in [0.2, 0.25) is 17.7 Å². The minimum atomic E-state index is -4.14. The summed E-state index contributed by atoms with van der Waals surface area (Å²) in [6.07, 6.45) is 3.49. The fourth-order valence-electron chi connectivity index (χ4n) is 4.29. The van der Waals surface area contributed by atoms with Crippen molar-refractivity contribution < 1.29 is 28.4 Å². The molecule has 1 aromatic carbocycles. The summed E-state index contributed by atoms with van der Waals surface area (Å²) in [4.78, 5) is 48.3. The Morgan fingerprint density at radius 3 is 2.50 bits per heavy atom. The quantitative estimate of drug-likeness (QED) is 0.448. The van der Waals surface area contributed by atoms with E-state index in [-0.39, 0.29) is 41.9 Å². The van der Waals surface area contributed by atoms with Crippen LogP contribution in [0.25, 0.3) is 0 Å². The fraction of sp³-hybridized carbons (Fsp3) is 0.550. The molecule has 3 fully saturated rings. The summed E-state index contributed by atoms with van der Waals surface area (Å²) in [6, 6.07) is 5.25. The van der Waals surface area contributed by atoms with E-state index in [2.05, 4.69) is 16.0 Å². The summed E-state index contributed by atoms with van der Waals surface area (Å²) >= 11 is 0. The van der Waals surface area contributed by atoms with E-state index in [0.717, 1.165) is 19.4 Å². The topological polar surface area (TPSA) is 137 Å². The first-order chi connectivity index (χ1) is 14.8. The number of nitrogens with zero attached hydrogens (tertiary/aromatic N) is 1. The molecule has 4 atom stereocenters. The van der Waals surface area contributed by atoms with E-state index in [4.69, 9.17) is 4.52 Å². The van der Waals surface area contributed by atoms with Crippen molar-refractivity contribution in [3.8, 4) is 5.75 Å². The molecule has 1 aromatic rings. The second-order valence-corrected chi connectivity index (χ2v) is 10.0. The van der Waals surface area contributed by atoms with Crippen LogP contribution in [0.4, 0.5) is 5.69 Å². The Bertz CT molecular complexity index is 908. The van der Waals surface area contributed by atoms with Gasteiger partial charge in [-0.15, -0.1) is 12.4 Å². The van der Waals surface area contributed by atoms with Crippen molar-refractivity contribution in [2.24, 2.45) is 0 Å². The van der Waals surface area contributed by atoms with E-state index in [9.17, 15) is 23.8 Å². The minimum Gasteiger partial charge on any atom is -0.423 e. The summed E-state index contributed by atoms with van der Waals surface area (Å²) in [5.41, 5.74) is 0.483. The molecule has 0 aliphatic carbocycles. The molecule has 0 bridgehead atoms. The van der Waals surface area contributed by atoms with Crippen molar-refractivity contribution in [2.75, 3.05) is 18.4 Å². The van der Waals surface area contributed by atoms with Gasteiger partial charge in [-0.05, 0) is 62.9 Å². The molecule has 10 nitrogen and oxygen atoms in total. The van der Waals surface area contributed by atoms with Crippen LogP contribution in [-0.2, 0) is 18.9 Å². The SMILES string of the molecule is Cl.O=C1CC[C@@H](C(=O)Nc2ccc(OP(=O)(O)[C@@H]3CCCN3C(=O)[C@@H]3CCCN3)cc2)N1. The van der Waals surface area contributed by atoms with E-state index < -0.39 is 19.4 Å². The molecular formula is C20H28ClN4O6P. The number of carbonyl (C=O) groups is 3. The molecule has 1 unspecified atom stereocenters. The molecule has 3 aliphatic rings. The molecule has 0 aromatic heterocycles. The van der Waals surface area contributed by atoms with Gasteiger partial charge in [0.05, 0.1) is 6.04 Å². The van der Waals surface area contributed by atoms with Gasteiger partial charge in [0.1, 0.15) is 17.6 Å². The molecule has 3 saturated heterocycles. The Morgan fingerprint density at radius 2 is 1.88 bits per heavy atom. The number of benzene rings is 1. The number of hydrogen-bond donors (Lipinski definition) is 4. The maximum atomic E-state index is 13.0. The molecule has 3 amide bonds. The third kappa shape index (κ3) is 5.43. The van der Waals surface area contributed by atoms with Gasteiger partial charge < -0.3 is 30.3 Å². The molecule has 32 heavy (non-hydrogen) atoms. The van der Waals surface area contributed by atoms with E-state index in [1.807, 2.05) is 0 Å². The molecular weight excluding hydrogens is 459 g/mol. The molecule has 0 spiro atoms. The van der Waals surface area contributed by atoms with Gasteiger partial charge in [-0.2, -0.15) is 0 Å². The van der Waals surface area contributed by atoms with E-state index >= 15 is 0 Å². The Labute approximate surface area is 192 Å². The second kappa shape index (κ2) is 10.2. The number of carbonyl (C=O) groups excluding carboxylic acids is 3. The Balaban J connectivity index is 0.00000289. The number of halogens is 1. The van der Waals surface area contributed by atoms with E-state index in [1.54, 1.807) is 12.1 Å². The highest BCUT2D eigenvalue weighted by Gasteiger charge is 2.45. The third-order valence-electron chi connectivity index (χ3n) is 5.91. The lowest BCUT2D eigenvalue weighted by Gasteiger charge is -2.29. The second-order valence-electron chi connectivity index (χ2n) is 8.13. The van der Waals surface area contributed by atoms with Crippen molar-refractivity contribution in [3.63, 3.8) is 0 Å². The van der Waals surface area contributed by atoms with Gasteiger partial charge >= 0.3 is 7.60 Å². The molecule has 176 valence electrons. The molecule has 12 heteroatoms. The zero-order valence-electron chi connectivity index (χ0n) is 17.5. The summed E-state index contributed by atoms with van der Waals surface area (Å²) < 4.78 is 18.4. The Hall–Kier alpha value is -2.13. The van der Waals surface area contributed by atoms with Crippen molar-refractivity contribution in [3.05, 3.63) is 24.3 Å². The van der Waals surface area contributed by atoms with Crippen LogP contribution in [0, 0.1) is 0 Å². The maximum Gasteiger partial charge on any atom is 0.398 e. The highest BCUT2D eigenvalue weighted by molar-refractivity contribution is 7.54. The van der Waals surface area contributed by atoms with Crippen LogP contribution in [0.15, 0.2) is 24.3 Å². The van der Waals surface area contributed by atoms with Crippen molar-refractivity contribution in [1.29, 1.82) is 0 Å². The van der Waals surface area contributed by atoms with E-state index in [0.29, 0.717) is 37.9 Å². The summed E-state index contributed by atoms with van der Waals surface area (Å²) in [7, 11) is -4.14. The predicted octanol–water partition coefficient (Wildman–Crippen LogP) is 1.59. The number of likely N-dealkylation sites (tertiary alicyclic amines) is 1. The van der Waals surface area contributed by atoms with Gasteiger partial charge in [-0.25, -0.2) is 4.57 Å². The third-order valence-corrected chi connectivity index (χ3v) is 7.67. The van der Waals surface area contributed by atoms with Gasteiger partial charge in [0, 0.05) is 18.7 Å². The van der Waals surface area contributed by atoms with Crippen LogP contribution >= 0.6 is 20.0 Å². The van der Waals surface area contributed by atoms with Crippen LogP contribution in [0.1, 0.15) is 38.5 Å². The monoisotopic (exact) mass is 486 g/mol. The fourth-order valence-corrected chi connectivity index (χ4v) is 5.93. The van der Waals surface area contributed by atoms with Crippen molar-refractivity contribution in [2.45, 2.75) is 56.4 Å². The highest BCUT2D eigenvalue weighted by atomic mass is 35.5. The molecule has 4 rings (SSSR count). The van der Waals surface area contributed by atoms with E-state index in [1.165, 1.54) is 17.0 Å². The zero-order chi connectivity index (χ0) is 22.0. The normalized spacial score (nSPS) is 26.7. The standard InChI is InChI=1S/C20H27N4O6P.ClH/c25-17-10-9-15(23-17)19(26)22-13-5-7-14(8-6-13)30-31(28,29)18-4-2-12-24(18)20(27)16-3-1-11-21-16;/h5-8,15-16,18,21H,1-4,9-12H2,(H,22,26)(H,23,25)(H,28,29);1H/t15-,16-,18+;/m0./s1. The molecule has 3 aliphatic heterocycles. The smallest absolute Gasteiger partial charge is 0.398 e. The first kappa shape index (κ1) is 24.5. The lowest BCUT2D eigenvalue weighted by Crippen LogP contribution is -2.46. The average Bonchev–Trinajstić information content (AvgIpc) is 3.50. The van der Waals surface area contributed by atoms with Gasteiger partial charge in [0.15, 0.2) is 0 Å². The average molecular weight is 487 g/mol. The number of anilines is 1. The first-order valence-corrected chi connectivity index (χ1v) is 12.2. The number of hydrogen-bond acceptors (Lipinski definition) is 6.